The number of aromatic nitrogens is 1. The Morgan fingerprint density at radius 3 is 2.43 bits per heavy atom. The molecule has 0 aliphatic rings. The van der Waals surface area contributed by atoms with Crippen molar-refractivity contribution in [1.82, 2.24) is 4.98 Å². The standard InChI is InChI=1S/C17H21FN2O/c1-11-10-20-15(12(2)16(11)21-4)9-17(3,19)13-5-7-14(18)8-6-13/h5-8,10H,9,19H2,1-4H3. The predicted molar refractivity (Wildman–Crippen MR) is 81.9 cm³/mol. The molecule has 1 unspecified atom stereocenters. The molecule has 1 heterocycles. The van der Waals surface area contributed by atoms with Gasteiger partial charge in [-0.25, -0.2) is 4.39 Å². The quantitative estimate of drug-likeness (QED) is 0.939. The van der Waals surface area contributed by atoms with Gasteiger partial charge in [0.05, 0.1) is 7.11 Å². The van der Waals surface area contributed by atoms with Crippen LogP contribution in [0.15, 0.2) is 30.5 Å². The summed E-state index contributed by atoms with van der Waals surface area (Å²) in [5, 5.41) is 0. The molecule has 3 nitrogen and oxygen atoms in total. The predicted octanol–water partition coefficient (Wildman–Crippen LogP) is 3.26. The minimum atomic E-state index is -0.619. The van der Waals surface area contributed by atoms with Gasteiger partial charge in [0.15, 0.2) is 0 Å². The highest BCUT2D eigenvalue weighted by molar-refractivity contribution is 5.42. The van der Waals surface area contributed by atoms with Crippen molar-refractivity contribution in [3.8, 4) is 5.75 Å². The fourth-order valence-electron chi connectivity index (χ4n) is 2.53. The van der Waals surface area contributed by atoms with E-state index in [0.717, 1.165) is 28.1 Å². The fraction of sp³-hybridized carbons (Fsp3) is 0.353. The highest BCUT2D eigenvalue weighted by Crippen LogP contribution is 2.29. The van der Waals surface area contributed by atoms with Gasteiger partial charge in [-0.15, -0.1) is 0 Å². The third-order valence-corrected chi connectivity index (χ3v) is 3.79. The van der Waals surface area contributed by atoms with Crippen molar-refractivity contribution in [3.05, 3.63) is 58.7 Å². The Kier molecular flexibility index (Phi) is 4.28. The molecule has 0 amide bonds. The third-order valence-electron chi connectivity index (χ3n) is 3.79. The van der Waals surface area contributed by atoms with Gasteiger partial charge in [0.2, 0.25) is 0 Å². The zero-order valence-corrected chi connectivity index (χ0v) is 12.9. The van der Waals surface area contributed by atoms with Gasteiger partial charge in [0, 0.05) is 35.0 Å². The molecule has 112 valence electrons. The molecule has 1 aromatic carbocycles. The van der Waals surface area contributed by atoms with Gasteiger partial charge in [-0.3, -0.25) is 4.98 Å². The Labute approximate surface area is 125 Å². The topological polar surface area (TPSA) is 48.1 Å². The van der Waals surface area contributed by atoms with Crippen molar-refractivity contribution in [1.29, 1.82) is 0 Å². The number of aryl methyl sites for hydroxylation is 1. The summed E-state index contributed by atoms with van der Waals surface area (Å²) in [4.78, 5) is 4.48. The summed E-state index contributed by atoms with van der Waals surface area (Å²) in [5.74, 6) is 0.579. The molecule has 21 heavy (non-hydrogen) atoms. The second-order valence-corrected chi connectivity index (χ2v) is 5.65. The number of rotatable bonds is 4. The first-order valence-electron chi connectivity index (χ1n) is 6.89. The summed E-state index contributed by atoms with van der Waals surface area (Å²) in [6, 6.07) is 6.29. The first kappa shape index (κ1) is 15.4. The van der Waals surface area contributed by atoms with Crippen molar-refractivity contribution in [2.75, 3.05) is 7.11 Å². The highest BCUT2D eigenvalue weighted by atomic mass is 19.1. The van der Waals surface area contributed by atoms with Gasteiger partial charge >= 0.3 is 0 Å². The zero-order chi connectivity index (χ0) is 15.6. The third kappa shape index (κ3) is 3.22. The lowest BCUT2D eigenvalue weighted by Gasteiger charge is -2.26. The van der Waals surface area contributed by atoms with Gasteiger partial charge in [-0.1, -0.05) is 12.1 Å². The molecule has 1 atom stereocenters. The number of ether oxygens (including phenoxy) is 1. The molecule has 0 aliphatic heterocycles. The number of hydrogen-bond donors (Lipinski definition) is 1. The van der Waals surface area contributed by atoms with E-state index >= 15 is 0 Å². The molecular weight excluding hydrogens is 267 g/mol. The second-order valence-electron chi connectivity index (χ2n) is 5.65. The van der Waals surface area contributed by atoms with E-state index in [1.807, 2.05) is 20.8 Å². The van der Waals surface area contributed by atoms with Crippen LogP contribution in [-0.2, 0) is 12.0 Å². The van der Waals surface area contributed by atoms with E-state index < -0.39 is 5.54 Å². The van der Waals surface area contributed by atoms with E-state index in [2.05, 4.69) is 4.98 Å². The minimum Gasteiger partial charge on any atom is -0.496 e. The van der Waals surface area contributed by atoms with Crippen molar-refractivity contribution < 1.29 is 9.13 Å². The molecule has 0 saturated heterocycles. The van der Waals surface area contributed by atoms with Gasteiger partial charge in [0.25, 0.3) is 0 Å². The average molecular weight is 288 g/mol. The fourth-order valence-corrected chi connectivity index (χ4v) is 2.53. The number of benzene rings is 1. The summed E-state index contributed by atoms with van der Waals surface area (Å²) in [6.07, 6.45) is 2.35. The Balaban J connectivity index is 2.34. The van der Waals surface area contributed by atoms with E-state index in [9.17, 15) is 4.39 Å². The minimum absolute atomic E-state index is 0.263. The average Bonchev–Trinajstić information content (AvgIpc) is 2.43. The van der Waals surface area contributed by atoms with E-state index in [4.69, 9.17) is 10.5 Å². The SMILES string of the molecule is COc1c(C)cnc(CC(C)(N)c2ccc(F)cc2)c1C. The smallest absolute Gasteiger partial charge is 0.128 e. The molecule has 2 aromatic rings. The Morgan fingerprint density at radius 1 is 1.24 bits per heavy atom. The molecule has 2 N–H and O–H groups in total. The van der Waals surface area contributed by atoms with Gasteiger partial charge < -0.3 is 10.5 Å². The van der Waals surface area contributed by atoms with Crippen molar-refractivity contribution in [2.45, 2.75) is 32.7 Å². The number of nitrogens with zero attached hydrogens (tertiary/aromatic N) is 1. The summed E-state index contributed by atoms with van der Waals surface area (Å²) < 4.78 is 18.5. The van der Waals surface area contributed by atoms with Gasteiger partial charge in [-0.2, -0.15) is 0 Å². The molecule has 0 spiro atoms. The van der Waals surface area contributed by atoms with Gasteiger partial charge in [-0.05, 0) is 38.5 Å². The molecule has 2 rings (SSSR count). The maximum atomic E-state index is 13.0. The molecule has 4 heteroatoms. The molecule has 0 saturated carbocycles. The zero-order valence-electron chi connectivity index (χ0n) is 12.9. The van der Waals surface area contributed by atoms with Crippen LogP contribution < -0.4 is 10.5 Å². The van der Waals surface area contributed by atoms with Crippen LogP contribution in [0.5, 0.6) is 5.75 Å². The van der Waals surface area contributed by atoms with Crippen LogP contribution in [0.3, 0.4) is 0 Å². The summed E-state index contributed by atoms with van der Waals surface area (Å²) in [5.41, 5.74) is 9.57. The normalized spacial score (nSPS) is 13.8. The van der Waals surface area contributed by atoms with E-state index in [1.165, 1.54) is 12.1 Å². The maximum absolute atomic E-state index is 13.0. The summed E-state index contributed by atoms with van der Waals surface area (Å²) in [7, 11) is 1.65. The van der Waals surface area contributed by atoms with Crippen LogP contribution in [0.25, 0.3) is 0 Å². The largest absolute Gasteiger partial charge is 0.496 e. The van der Waals surface area contributed by atoms with Crippen LogP contribution in [0.2, 0.25) is 0 Å². The summed E-state index contributed by atoms with van der Waals surface area (Å²) >= 11 is 0. The number of halogens is 1. The van der Waals surface area contributed by atoms with E-state index in [1.54, 1.807) is 25.4 Å². The number of methoxy groups -OCH3 is 1. The lowest BCUT2D eigenvalue weighted by Crippen LogP contribution is -2.36. The first-order valence-corrected chi connectivity index (χ1v) is 6.89. The Hall–Kier alpha value is -1.94. The number of pyridine rings is 1. The monoisotopic (exact) mass is 288 g/mol. The Morgan fingerprint density at radius 2 is 1.86 bits per heavy atom. The number of hydrogen-bond acceptors (Lipinski definition) is 3. The van der Waals surface area contributed by atoms with Crippen LogP contribution >= 0.6 is 0 Å². The highest BCUT2D eigenvalue weighted by Gasteiger charge is 2.24. The van der Waals surface area contributed by atoms with Crippen molar-refractivity contribution >= 4 is 0 Å². The second kappa shape index (κ2) is 5.82. The first-order chi connectivity index (χ1) is 9.85. The van der Waals surface area contributed by atoms with Gasteiger partial charge in [0.1, 0.15) is 11.6 Å². The summed E-state index contributed by atoms with van der Waals surface area (Å²) in [6.45, 7) is 5.87. The molecule has 1 aromatic heterocycles. The Bertz CT molecular complexity index is 636. The van der Waals surface area contributed by atoms with Crippen molar-refractivity contribution in [2.24, 2.45) is 5.73 Å². The molecule has 0 bridgehead atoms. The van der Waals surface area contributed by atoms with Crippen LogP contribution in [0.4, 0.5) is 4.39 Å². The number of nitrogens with two attached hydrogens (primary N) is 1. The van der Waals surface area contributed by atoms with Crippen LogP contribution in [0, 0.1) is 19.7 Å². The maximum Gasteiger partial charge on any atom is 0.128 e. The molecular formula is C17H21FN2O. The molecule has 0 fully saturated rings. The molecule has 0 aliphatic carbocycles. The molecule has 0 radical (unpaired) electrons. The van der Waals surface area contributed by atoms with E-state index in [-0.39, 0.29) is 5.82 Å². The lowest BCUT2D eigenvalue weighted by molar-refractivity contribution is 0.404. The van der Waals surface area contributed by atoms with Crippen LogP contribution in [0.1, 0.15) is 29.3 Å². The van der Waals surface area contributed by atoms with Crippen molar-refractivity contribution in [3.63, 3.8) is 0 Å². The van der Waals surface area contributed by atoms with Crippen LogP contribution in [-0.4, -0.2) is 12.1 Å². The van der Waals surface area contributed by atoms with E-state index in [0.29, 0.717) is 6.42 Å². The lowest BCUT2D eigenvalue weighted by atomic mass is 9.87.